The lowest BCUT2D eigenvalue weighted by Gasteiger charge is -2.33. The highest BCUT2D eigenvalue weighted by molar-refractivity contribution is 5.85. The first-order valence-electron chi connectivity index (χ1n) is 6.81. The Labute approximate surface area is 107 Å². The van der Waals surface area contributed by atoms with Crippen LogP contribution in [0.15, 0.2) is 18.2 Å². The van der Waals surface area contributed by atoms with Crippen molar-refractivity contribution >= 4 is 12.0 Å². The van der Waals surface area contributed by atoms with E-state index in [-0.39, 0.29) is 5.82 Å². The van der Waals surface area contributed by atoms with Crippen LogP contribution in [0.4, 0.5) is 10.1 Å². The van der Waals surface area contributed by atoms with E-state index in [2.05, 4.69) is 4.90 Å². The van der Waals surface area contributed by atoms with Gasteiger partial charge in [0.1, 0.15) is 5.82 Å². The van der Waals surface area contributed by atoms with E-state index in [1.54, 1.807) is 12.1 Å². The van der Waals surface area contributed by atoms with Gasteiger partial charge in [-0.1, -0.05) is 18.9 Å². The Hall–Kier alpha value is -1.38. The summed E-state index contributed by atoms with van der Waals surface area (Å²) in [5.41, 5.74) is 1.02. The maximum atomic E-state index is 14.0. The number of carbonyl (C=O) groups excluding carboxylic acids is 1. The Morgan fingerprint density at radius 1 is 1.22 bits per heavy atom. The third-order valence-corrected chi connectivity index (χ3v) is 4.44. The molecule has 2 aliphatic rings. The van der Waals surface area contributed by atoms with E-state index in [1.165, 1.54) is 25.3 Å². The Morgan fingerprint density at radius 3 is 2.89 bits per heavy atom. The maximum Gasteiger partial charge on any atom is 0.152 e. The highest BCUT2D eigenvalue weighted by Crippen LogP contribution is 2.40. The van der Waals surface area contributed by atoms with Gasteiger partial charge in [0.15, 0.2) is 6.29 Å². The summed E-state index contributed by atoms with van der Waals surface area (Å²) in [4.78, 5) is 13.2. The summed E-state index contributed by atoms with van der Waals surface area (Å²) in [6.07, 6.45) is 6.82. The van der Waals surface area contributed by atoms with Crippen LogP contribution in [0.1, 0.15) is 42.5 Å². The van der Waals surface area contributed by atoms with Gasteiger partial charge in [-0.25, -0.2) is 4.39 Å². The highest BCUT2D eigenvalue weighted by atomic mass is 19.1. The van der Waals surface area contributed by atoms with Crippen LogP contribution in [0.3, 0.4) is 0 Å². The number of hydrogen-bond acceptors (Lipinski definition) is 2. The standard InChI is InChI=1S/C15H18FNO/c16-13-6-3-5-12(10-18)15(13)17-9-8-11-4-1-2-7-14(11)17/h3,5-6,10-11,14H,1-2,4,7-9H2. The summed E-state index contributed by atoms with van der Waals surface area (Å²) in [6, 6.07) is 5.21. The van der Waals surface area contributed by atoms with E-state index < -0.39 is 0 Å². The zero-order valence-electron chi connectivity index (χ0n) is 10.4. The van der Waals surface area contributed by atoms with Gasteiger partial charge < -0.3 is 4.90 Å². The Morgan fingerprint density at radius 2 is 2.06 bits per heavy atom. The molecule has 1 aromatic carbocycles. The van der Waals surface area contributed by atoms with Gasteiger partial charge in [0.25, 0.3) is 0 Å². The van der Waals surface area contributed by atoms with Crippen molar-refractivity contribution in [2.45, 2.75) is 38.1 Å². The third-order valence-electron chi connectivity index (χ3n) is 4.44. The first-order chi connectivity index (χ1) is 8.81. The van der Waals surface area contributed by atoms with Crippen LogP contribution < -0.4 is 4.90 Å². The molecule has 1 aliphatic carbocycles. The second kappa shape index (κ2) is 4.71. The number of halogens is 1. The zero-order chi connectivity index (χ0) is 12.5. The number of anilines is 1. The number of nitrogens with zero attached hydrogens (tertiary/aromatic N) is 1. The molecule has 1 heterocycles. The van der Waals surface area contributed by atoms with E-state index in [1.807, 2.05) is 0 Å². The van der Waals surface area contributed by atoms with Gasteiger partial charge in [0.2, 0.25) is 0 Å². The van der Waals surface area contributed by atoms with Crippen LogP contribution in [0.25, 0.3) is 0 Å². The molecule has 2 unspecified atom stereocenters. The summed E-state index contributed by atoms with van der Waals surface area (Å²) in [5.74, 6) is 0.434. The summed E-state index contributed by atoms with van der Waals surface area (Å²) < 4.78 is 14.0. The van der Waals surface area contributed by atoms with Crippen molar-refractivity contribution in [3.8, 4) is 0 Å². The lowest BCUT2D eigenvalue weighted by molar-refractivity contribution is 0.112. The number of aldehydes is 1. The first kappa shape index (κ1) is 11.7. The molecule has 18 heavy (non-hydrogen) atoms. The molecule has 1 aliphatic heterocycles. The van der Waals surface area contributed by atoms with Gasteiger partial charge in [-0.05, 0) is 37.3 Å². The normalized spacial score (nSPS) is 27.1. The van der Waals surface area contributed by atoms with Crippen molar-refractivity contribution in [3.05, 3.63) is 29.6 Å². The molecule has 0 bridgehead atoms. The monoisotopic (exact) mass is 247 g/mol. The van der Waals surface area contributed by atoms with Crippen LogP contribution in [0, 0.1) is 11.7 Å². The molecular weight excluding hydrogens is 229 g/mol. The lowest BCUT2D eigenvalue weighted by Crippen LogP contribution is -2.35. The molecule has 1 saturated carbocycles. The van der Waals surface area contributed by atoms with Crippen LogP contribution in [-0.4, -0.2) is 18.9 Å². The van der Waals surface area contributed by atoms with E-state index in [9.17, 15) is 9.18 Å². The molecule has 0 spiro atoms. The van der Waals surface area contributed by atoms with Crippen LogP contribution in [0.2, 0.25) is 0 Å². The molecule has 0 N–H and O–H groups in total. The minimum absolute atomic E-state index is 0.258. The predicted octanol–water partition coefficient (Wildman–Crippen LogP) is 3.41. The molecule has 1 aromatic rings. The van der Waals surface area contributed by atoms with Gasteiger partial charge in [-0.3, -0.25) is 4.79 Å². The minimum atomic E-state index is -0.258. The van der Waals surface area contributed by atoms with Gasteiger partial charge in [-0.15, -0.1) is 0 Å². The van der Waals surface area contributed by atoms with E-state index in [4.69, 9.17) is 0 Å². The van der Waals surface area contributed by atoms with Crippen molar-refractivity contribution in [1.82, 2.24) is 0 Å². The van der Waals surface area contributed by atoms with Crippen LogP contribution in [0.5, 0.6) is 0 Å². The number of carbonyl (C=O) groups is 1. The zero-order valence-corrected chi connectivity index (χ0v) is 10.4. The van der Waals surface area contributed by atoms with Gasteiger partial charge in [0.05, 0.1) is 5.69 Å². The SMILES string of the molecule is O=Cc1cccc(F)c1N1CCC2CCCCC21. The van der Waals surface area contributed by atoms with Crippen LogP contribution >= 0.6 is 0 Å². The van der Waals surface area contributed by atoms with E-state index >= 15 is 0 Å². The predicted molar refractivity (Wildman–Crippen MR) is 69.5 cm³/mol. The molecule has 0 aromatic heterocycles. The number of hydrogen-bond donors (Lipinski definition) is 0. The fourth-order valence-corrected chi connectivity index (χ4v) is 3.61. The molecule has 3 rings (SSSR count). The average Bonchev–Trinajstić information content (AvgIpc) is 2.82. The fourth-order valence-electron chi connectivity index (χ4n) is 3.61. The maximum absolute atomic E-state index is 14.0. The topological polar surface area (TPSA) is 20.3 Å². The molecule has 0 amide bonds. The second-order valence-corrected chi connectivity index (χ2v) is 5.39. The van der Waals surface area contributed by atoms with Crippen molar-refractivity contribution in [2.75, 3.05) is 11.4 Å². The van der Waals surface area contributed by atoms with E-state index in [0.29, 0.717) is 23.2 Å². The molecule has 96 valence electrons. The van der Waals surface area contributed by atoms with Gasteiger partial charge in [-0.2, -0.15) is 0 Å². The Kier molecular flexibility index (Phi) is 3.06. The van der Waals surface area contributed by atoms with Crippen molar-refractivity contribution in [1.29, 1.82) is 0 Å². The van der Waals surface area contributed by atoms with Crippen LogP contribution in [-0.2, 0) is 0 Å². The smallest absolute Gasteiger partial charge is 0.152 e. The summed E-state index contributed by atoms with van der Waals surface area (Å²) >= 11 is 0. The van der Waals surface area contributed by atoms with Crippen molar-refractivity contribution in [2.24, 2.45) is 5.92 Å². The number of rotatable bonds is 2. The third kappa shape index (κ3) is 1.82. The first-order valence-corrected chi connectivity index (χ1v) is 6.81. The summed E-state index contributed by atoms with van der Waals surface area (Å²) in [7, 11) is 0. The molecule has 2 nitrogen and oxygen atoms in total. The van der Waals surface area contributed by atoms with Gasteiger partial charge in [0, 0.05) is 18.2 Å². The van der Waals surface area contributed by atoms with Gasteiger partial charge >= 0.3 is 0 Å². The summed E-state index contributed by atoms with van der Waals surface area (Å²) in [5, 5.41) is 0. The molecule has 3 heteroatoms. The largest absolute Gasteiger partial charge is 0.365 e. The number of para-hydroxylation sites is 1. The Bertz CT molecular complexity index is 460. The molecule has 2 fully saturated rings. The average molecular weight is 247 g/mol. The molecule has 2 atom stereocenters. The lowest BCUT2D eigenvalue weighted by atomic mass is 9.85. The Balaban J connectivity index is 1.97. The minimum Gasteiger partial charge on any atom is -0.365 e. The molecule has 0 radical (unpaired) electrons. The second-order valence-electron chi connectivity index (χ2n) is 5.39. The fraction of sp³-hybridized carbons (Fsp3) is 0.533. The van der Waals surface area contributed by atoms with E-state index in [0.717, 1.165) is 25.7 Å². The highest BCUT2D eigenvalue weighted by Gasteiger charge is 2.37. The summed E-state index contributed by atoms with van der Waals surface area (Å²) in [6.45, 7) is 0.886. The van der Waals surface area contributed by atoms with Crippen molar-refractivity contribution in [3.63, 3.8) is 0 Å². The van der Waals surface area contributed by atoms with Crippen molar-refractivity contribution < 1.29 is 9.18 Å². The number of fused-ring (bicyclic) bond motifs is 1. The molecule has 1 saturated heterocycles. The quantitative estimate of drug-likeness (QED) is 0.746. The number of benzene rings is 1. The molecular formula is C15H18FNO.